The molecule has 1 saturated heterocycles. The molecule has 1 aliphatic heterocycles. The Morgan fingerprint density at radius 3 is 2.60 bits per heavy atom. The summed E-state index contributed by atoms with van der Waals surface area (Å²) in [4.78, 5) is 2.35. The van der Waals surface area contributed by atoms with Gasteiger partial charge in [-0.15, -0.1) is 0 Å². The predicted molar refractivity (Wildman–Crippen MR) is 41.9 cm³/mol. The summed E-state index contributed by atoms with van der Waals surface area (Å²) in [6.45, 7) is 6.45. The summed E-state index contributed by atoms with van der Waals surface area (Å²) in [5.74, 6) is 0. The summed E-state index contributed by atoms with van der Waals surface area (Å²) in [5.41, 5.74) is 0. The van der Waals surface area contributed by atoms with Crippen molar-refractivity contribution in [2.45, 2.75) is 38.8 Å². The topological polar surface area (TPSA) is 23.5 Å². The molecule has 0 aliphatic carbocycles. The Balaban J connectivity index is 2.45. The molecule has 0 unspecified atom stereocenters. The normalized spacial score (nSPS) is 35.1. The fraction of sp³-hybridized carbons (Fsp3) is 1.00. The second kappa shape index (κ2) is 3.35. The highest BCUT2D eigenvalue weighted by Gasteiger charge is 2.29. The maximum absolute atomic E-state index is 9.45. The van der Waals surface area contributed by atoms with Crippen LogP contribution in [0.1, 0.15) is 26.7 Å². The molecule has 1 rings (SSSR count). The van der Waals surface area contributed by atoms with Crippen LogP contribution in [0.5, 0.6) is 0 Å². The number of rotatable bonds is 2. The minimum atomic E-state index is -0.0649. The molecule has 0 aromatic carbocycles. The zero-order valence-electron chi connectivity index (χ0n) is 6.88. The molecule has 2 nitrogen and oxygen atoms in total. The molecule has 2 atom stereocenters. The van der Waals surface area contributed by atoms with Gasteiger partial charge in [0.05, 0.1) is 6.10 Å². The molecule has 0 aromatic heterocycles. The van der Waals surface area contributed by atoms with Crippen LogP contribution in [-0.2, 0) is 0 Å². The van der Waals surface area contributed by atoms with Gasteiger partial charge >= 0.3 is 0 Å². The monoisotopic (exact) mass is 143 g/mol. The van der Waals surface area contributed by atoms with Crippen LogP contribution in [0.25, 0.3) is 0 Å². The second-order valence-electron chi connectivity index (χ2n) is 2.96. The molecule has 1 N–H and O–H groups in total. The van der Waals surface area contributed by atoms with Crippen molar-refractivity contribution < 1.29 is 5.11 Å². The summed E-state index contributed by atoms with van der Waals surface area (Å²) in [7, 11) is 0. The number of aliphatic hydroxyl groups is 1. The van der Waals surface area contributed by atoms with Crippen LogP contribution in [0.3, 0.4) is 0 Å². The third-order valence-corrected chi connectivity index (χ3v) is 2.45. The maximum Gasteiger partial charge on any atom is 0.0707 e. The number of likely N-dealkylation sites (tertiary alicyclic amines) is 1. The van der Waals surface area contributed by atoms with E-state index in [4.69, 9.17) is 0 Å². The zero-order chi connectivity index (χ0) is 7.56. The van der Waals surface area contributed by atoms with Crippen LogP contribution in [0.15, 0.2) is 0 Å². The molecular weight excluding hydrogens is 126 g/mol. The van der Waals surface area contributed by atoms with Crippen LogP contribution in [0.4, 0.5) is 0 Å². The first-order valence-electron chi connectivity index (χ1n) is 4.21. The summed E-state index contributed by atoms with van der Waals surface area (Å²) in [5, 5.41) is 9.45. The number of likely N-dealkylation sites (N-methyl/N-ethyl adjacent to an activating group) is 1. The van der Waals surface area contributed by atoms with Crippen LogP contribution in [0, 0.1) is 0 Å². The largest absolute Gasteiger partial charge is 0.391 e. The molecule has 0 amide bonds. The smallest absolute Gasteiger partial charge is 0.0707 e. The number of nitrogens with zero attached hydrogens (tertiary/aromatic N) is 1. The molecule has 0 aromatic rings. The van der Waals surface area contributed by atoms with Crippen molar-refractivity contribution in [2.24, 2.45) is 0 Å². The third kappa shape index (κ3) is 1.32. The lowest BCUT2D eigenvalue weighted by Crippen LogP contribution is -2.34. The summed E-state index contributed by atoms with van der Waals surface area (Å²) in [6, 6.07) is 0.435. The van der Waals surface area contributed by atoms with Crippen molar-refractivity contribution in [2.75, 3.05) is 13.1 Å². The van der Waals surface area contributed by atoms with Crippen molar-refractivity contribution in [1.29, 1.82) is 0 Å². The van der Waals surface area contributed by atoms with Gasteiger partial charge in [-0.05, 0) is 19.4 Å². The van der Waals surface area contributed by atoms with Gasteiger partial charge in [-0.2, -0.15) is 0 Å². The van der Waals surface area contributed by atoms with Crippen LogP contribution in [-0.4, -0.2) is 35.2 Å². The fourth-order valence-corrected chi connectivity index (χ4v) is 1.82. The van der Waals surface area contributed by atoms with Gasteiger partial charge in [0.1, 0.15) is 0 Å². The highest BCUT2D eigenvalue weighted by atomic mass is 16.3. The van der Waals surface area contributed by atoms with Crippen molar-refractivity contribution in [3.8, 4) is 0 Å². The maximum atomic E-state index is 9.45. The minimum Gasteiger partial charge on any atom is -0.391 e. The van der Waals surface area contributed by atoms with Gasteiger partial charge in [-0.25, -0.2) is 0 Å². The second-order valence-corrected chi connectivity index (χ2v) is 2.96. The standard InChI is InChI=1S/C8H17NO/c1-3-7-8(10)5-6-9(7)4-2/h7-8,10H,3-6H2,1-2H3/t7-,8+/m1/s1. The number of aliphatic hydroxyl groups excluding tert-OH is 1. The SMILES string of the molecule is CC[C@@H]1[C@@H](O)CCN1CC. The van der Waals surface area contributed by atoms with Crippen molar-refractivity contribution in [3.05, 3.63) is 0 Å². The van der Waals surface area contributed by atoms with Gasteiger partial charge in [0, 0.05) is 12.6 Å². The van der Waals surface area contributed by atoms with E-state index in [0.717, 1.165) is 25.9 Å². The Kier molecular flexibility index (Phi) is 2.69. The fourth-order valence-electron chi connectivity index (χ4n) is 1.82. The Morgan fingerprint density at radius 1 is 1.50 bits per heavy atom. The van der Waals surface area contributed by atoms with Crippen LogP contribution < -0.4 is 0 Å². The molecule has 0 saturated carbocycles. The predicted octanol–water partition coefficient (Wildman–Crippen LogP) is 0.851. The molecule has 60 valence electrons. The van der Waals surface area contributed by atoms with E-state index in [1.807, 2.05) is 0 Å². The first-order valence-corrected chi connectivity index (χ1v) is 4.21. The lowest BCUT2D eigenvalue weighted by atomic mass is 10.1. The van der Waals surface area contributed by atoms with E-state index in [9.17, 15) is 5.11 Å². The van der Waals surface area contributed by atoms with Gasteiger partial charge in [0.15, 0.2) is 0 Å². The summed E-state index contributed by atoms with van der Waals surface area (Å²) in [6.07, 6.45) is 1.98. The molecule has 1 fully saturated rings. The quantitative estimate of drug-likeness (QED) is 0.619. The average molecular weight is 143 g/mol. The Labute approximate surface area is 62.8 Å². The van der Waals surface area contributed by atoms with Gasteiger partial charge in [-0.1, -0.05) is 13.8 Å². The van der Waals surface area contributed by atoms with Crippen molar-refractivity contribution in [1.82, 2.24) is 4.90 Å². The van der Waals surface area contributed by atoms with Gasteiger partial charge in [0.2, 0.25) is 0 Å². The lowest BCUT2D eigenvalue weighted by Gasteiger charge is -2.22. The van der Waals surface area contributed by atoms with Crippen molar-refractivity contribution in [3.63, 3.8) is 0 Å². The van der Waals surface area contributed by atoms with E-state index < -0.39 is 0 Å². The third-order valence-electron chi connectivity index (χ3n) is 2.45. The Hall–Kier alpha value is -0.0800. The lowest BCUT2D eigenvalue weighted by molar-refractivity contribution is 0.116. The first-order chi connectivity index (χ1) is 4.79. The van der Waals surface area contributed by atoms with Crippen LogP contribution in [0.2, 0.25) is 0 Å². The van der Waals surface area contributed by atoms with E-state index >= 15 is 0 Å². The molecule has 0 radical (unpaired) electrons. The van der Waals surface area contributed by atoms with E-state index in [2.05, 4.69) is 18.7 Å². The molecule has 10 heavy (non-hydrogen) atoms. The number of hydrogen-bond donors (Lipinski definition) is 1. The highest BCUT2D eigenvalue weighted by molar-refractivity contribution is 4.84. The highest BCUT2D eigenvalue weighted by Crippen LogP contribution is 2.19. The van der Waals surface area contributed by atoms with E-state index in [1.54, 1.807) is 0 Å². The van der Waals surface area contributed by atoms with E-state index in [0.29, 0.717) is 6.04 Å². The van der Waals surface area contributed by atoms with Gasteiger partial charge < -0.3 is 5.11 Å². The van der Waals surface area contributed by atoms with E-state index in [-0.39, 0.29) is 6.10 Å². The molecule has 1 heterocycles. The Morgan fingerprint density at radius 2 is 2.20 bits per heavy atom. The van der Waals surface area contributed by atoms with E-state index in [1.165, 1.54) is 0 Å². The first kappa shape index (κ1) is 8.02. The zero-order valence-corrected chi connectivity index (χ0v) is 6.88. The van der Waals surface area contributed by atoms with Gasteiger partial charge in [-0.3, -0.25) is 4.90 Å². The molecule has 0 bridgehead atoms. The number of hydrogen-bond acceptors (Lipinski definition) is 2. The molecule has 0 spiro atoms. The van der Waals surface area contributed by atoms with Crippen LogP contribution >= 0.6 is 0 Å². The molecule has 2 heteroatoms. The van der Waals surface area contributed by atoms with Gasteiger partial charge in [0.25, 0.3) is 0 Å². The average Bonchev–Trinajstić information content (AvgIpc) is 2.30. The molecule has 1 aliphatic rings. The minimum absolute atomic E-state index is 0.0649. The Bertz CT molecular complexity index is 105. The molecular formula is C8H17NO. The summed E-state index contributed by atoms with van der Waals surface area (Å²) >= 11 is 0. The van der Waals surface area contributed by atoms with Crippen molar-refractivity contribution >= 4 is 0 Å². The summed E-state index contributed by atoms with van der Waals surface area (Å²) < 4.78 is 0.